The van der Waals surface area contributed by atoms with Gasteiger partial charge >= 0.3 is 0 Å². The number of hydrogen-bond acceptors (Lipinski definition) is 4. The van der Waals surface area contributed by atoms with E-state index >= 15 is 0 Å². The zero-order valence-electron chi connectivity index (χ0n) is 11.6. The van der Waals surface area contributed by atoms with Crippen LogP contribution in [0.25, 0.3) is 0 Å². The number of nitrogens with zero attached hydrogens (tertiary/aromatic N) is 3. The predicted octanol–water partition coefficient (Wildman–Crippen LogP) is 2.54. The van der Waals surface area contributed by atoms with Crippen molar-refractivity contribution in [1.82, 2.24) is 14.8 Å². The Labute approximate surface area is 113 Å². The maximum absolute atomic E-state index is 5.83. The third-order valence-electron chi connectivity index (χ3n) is 2.71. The molecule has 0 aliphatic rings. The van der Waals surface area contributed by atoms with Gasteiger partial charge in [0.2, 0.25) is 5.88 Å². The van der Waals surface area contributed by atoms with Crippen LogP contribution >= 0.6 is 0 Å². The zero-order valence-corrected chi connectivity index (χ0v) is 11.6. The molecule has 0 radical (unpaired) electrons. The van der Waals surface area contributed by atoms with Gasteiger partial charge in [-0.2, -0.15) is 5.10 Å². The second kappa shape index (κ2) is 5.84. The largest absolute Gasteiger partial charge is 0.435 e. The molecule has 0 saturated heterocycles. The molecule has 0 aromatic carbocycles. The van der Waals surface area contributed by atoms with E-state index in [1.807, 2.05) is 29.9 Å². The van der Waals surface area contributed by atoms with Crippen molar-refractivity contribution >= 4 is 0 Å². The first-order valence-electron chi connectivity index (χ1n) is 6.47. The van der Waals surface area contributed by atoms with Crippen molar-refractivity contribution in [3.8, 4) is 11.6 Å². The van der Waals surface area contributed by atoms with Crippen molar-refractivity contribution in [3.63, 3.8) is 0 Å². The number of nitrogens with two attached hydrogens (primary N) is 1. The van der Waals surface area contributed by atoms with Gasteiger partial charge in [-0.05, 0) is 33.3 Å². The van der Waals surface area contributed by atoms with E-state index in [-0.39, 0.29) is 6.04 Å². The lowest BCUT2D eigenvalue weighted by atomic mass is 10.1. The highest BCUT2D eigenvalue weighted by Crippen LogP contribution is 2.23. The minimum Gasteiger partial charge on any atom is -0.435 e. The Morgan fingerprint density at radius 2 is 2.16 bits per heavy atom. The van der Waals surface area contributed by atoms with Crippen LogP contribution in [0.5, 0.6) is 11.6 Å². The summed E-state index contributed by atoms with van der Waals surface area (Å²) in [4.78, 5) is 4.27. The van der Waals surface area contributed by atoms with Gasteiger partial charge in [-0.25, -0.2) is 4.98 Å². The molecular formula is C14H20N4O. The summed E-state index contributed by atoms with van der Waals surface area (Å²) in [6.45, 7) is 6.10. The molecule has 1 atom stereocenters. The number of hydrogen-bond donors (Lipinski definition) is 1. The average Bonchev–Trinajstić information content (AvgIpc) is 2.80. The number of pyridine rings is 1. The van der Waals surface area contributed by atoms with E-state index < -0.39 is 0 Å². The quantitative estimate of drug-likeness (QED) is 0.897. The predicted molar refractivity (Wildman–Crippen MR) is 74.3 cm³/mol. The maximum Gasteiger partial charge on any atom is 0.222 e. The molecule has 0 bridgehead atoms. The second-order valence-electron chi connectivity index (χ2n) is 5.00. The Hall–Kier alpha value is -1.88. The van der Waals surface area contributed by atoms with Crippen LogP contribution in [0.3, 0.4) is 0 Å². The Kier molecular flexibility index (Phi) is 4.16. The molecule has 5 nitrogen and oxygen atoms in total. The molecule has 0 amide bonds. The van der Waals surface area contributed by atoms with Gasteiger partial charge in [0.05, 0.1) is 12.4 Å². The van der Waals surface area contributed by atoms with Gasteiger partial charge in [0.1, 0.15) is 0 Å². The van der Waals surface area contributed by atoms with Crippen LogP contribution in [0.4, 0.5) is 0 Å². The first-order valence-corrected chi connectivity index (χ1v) is 6.47. The molecule has 0 spiro atoms. The van der Waals surface area contributed by atoms with E-state index in [2.05, 4.69) is 23.9 Å². The molecule has 19 heavy (non-hydrogen) atoms. The first kappa shape index (κ1) is 13.5. The maximum atomic E-state index is 5.83. The normalized spacial score (nSPS) is 12.7. The van der Waals surface area contributed by atoms with Crippen molar-refractivity contribution in [1.29, 1.82) is 0 Å². The molecule has 0 aliphatic heterocycles. The molecule has 2 rings (SSSR count). The lowest BCUT2D eigenvalue weighted by Gasteiger charge is -2.10. The monoisotopic (exact) mass is 260 g/mol. The van der Waals surface area contributed by atoms with E-state index in [1.54, 1.807) is 12.4 Å². The van der Waals surface area contributed by atoms with Gasteiger partial charge in [0.25, 0.3) is 0 Å². The van der Waals surface area contributed by atoms with E-state index in [1.165, 1.54) is 0 Å². The van der Waals surface area contributed by atoms with Crippen molar-refractivity contribution in [3.05, 3.63) is 36.3 Å². The van der Waals surface area contributed by atoms with E-state index in [4.69, 9.17) is 10.5 Å². The van der Waals surface area contributed by atoms with E-state index in [0.717, 1.165) is 12.0 Å². The van der Waals surface area contributed by atoms with Gasteiger partial charge in [0.15, 0.2) is 5.75 Å². The summed E-state index contributed by atoms with van der Waals surface area (Å²) >= 11 is 0. The smallest absolute Gasteiger partial charge is 0.222 e. The molecule has 0 fully saturated rings. The van der Waals surface area contributed by atoms with Crippen LogP contribution in [-0.2, 0) is 6.42 Å². The Bertz CT molecular complexity index is 534. The van der Waals surface area contributed by atoms with Gasteiger partial charge in [-0.15, -0.1) is 0 Å². The average molecular weight is 260 g/mol. The lowest BCUT2D eigenvalue weighted by Crippen LogP contribution is -2.18. The van der Waals surface area contributed by atoms with E-state index in [0.29, 0.717) is 17.7 Å². The topological polar surface area (TPSA) is 66.0 Å². The molecule has 2 aromatic rings. The highest BCUT2D eigenvalue weighted by molar-refractivity contribution is 5.30. The minimum absolute atomic E-state index is 0.0740. The van der Waals surface area contributed by atoms with Crippen molar-refractivity contribution in [2.45, 2.75) is 39.3 Å². The fraction of sp³-hybridized carbons (Fsp3) is 0.429. The summed E-state index contributed by atoms with van der Waals surface area (Å²) in [5.41, 5.74) is 6.84. The van der Waals surface area contributed by atoms with Crippen LogP contribution in [0.15, 0.2) is 30.7 Å². The van der Waals surface area contributed by atoms with Crippen LogP contribution in [0.1, 0.15) is 32.4 Å². The number of rotatable bonds is 5. The molecular weight excluding hydrogens is 240 g/mol. The van der Waals surface area contributed by atoms with Gasteiger partial charge in [-0.3, -0.25) is 4.68 Å². The number of aromatic nitrogens is 3. The van der Waals surface area contributed by atoms with Gasteiger partial charge in [-0.1, -0.05) is 6.07 Å². The summed E-state index contributed by atoms with van der Waals surface area (Å²) in [6, 6.07) is 4.26. The summed E-state index contributed by atoms with van der Waals surface area (Å²) in [5, 5.41) is 4.24. The first-order chi connectivity index (χ1) is 9.06. The third kappa shape index (κ3) is 3.54. The fourth-order valence-electron chi connectivity index (χ4n) is 1.79. The summed E-state index contributed by atoms with van der Waals surface area (Å²) in [5.74, 6) is 1.29. The molecule has 1 unspecified atom stereocenters. The molecule has 0 saturated carbocycles. The van der Waals surface area contributed by atoms with Crippen molar-refractivity contribution < 1.29 is 4.74 Å². The highest BCUT2D eigenvalue weighted by atomic mass is 16.5. The van der Waals surface area contributed by atoms with E-state index in [9.17, 15) is 0 Å². The Balaban J connectivity index is 2.17. The summed E-state index contributed by atoms with van der Waals surface area (Å²) in [6.07, 6.45) is 6.02. The van der Waals surface area contributed by atoms with Gasteiger partial charge in [0, 0.05) is 23.8 Å². The standard InChI is InChI=1S/C14H20N4O/c1-10(2)18-9-13(8-17-18)19-14-12(7-11(3)15)5-4-6-16-14/h4-6,8-11H,7,15H2,1-3H3. The second-order valence-corrected chi connectivity index (χ2v) is 5.00. The molecule has 2 heterocycles. The summed E-state index contributed by atoms with van der Waals surface area (Å²) < 4.78 is 7.64. The minimum atomic E-state index is 0.0740. The third-order valence-corrected chi connectivity index (χ3v) is 2.71. The number of ether oxygens (including phenoxy) is 1. The summed E-state index contributed by atoms with van der Waals surface area (Å²) in [7, 11) is 0. The van der Waals surface area contributed by atoms with Crippen LogP contribution in [0, 0.1) is 0 Å². The van der Waals surface area contributed by atoms with Gasteiger partial charge < -0.3 is 10.5 Å². The molecule has 102 valence electrons. The van der Waals surface area contributed by atoms with Crippen LogP contribution in [0.2, 0.25) is 0 Å². The SMILES string of the molecule is CC(N)Cc1cccnc1Oc1cnn(C(C)C)c1. The van der Waals surface area contributed by atoms with Crippen molar-refractivity contribution in [2.24, 2.45) is 5.73 Å². The Morgan fingerprint density at radius 3 is 2.79 bits per heavy atom. The molecule has 0 aliphatic carbocycles. The van der Waals surface area contributed by atoms with Crippen molar-refractivity contribution in [2.75, 3.05) is 0 Å². The Morgan fingerprint density at radius 1 is 1.37 bits per heavy atom. The van der Waals surface area contributed by atoms with Crippen LogP contribution in [-0.4, -0.2) is 20.8 Å². The van der Waals surface area contributed by atoms with Crippen LogP contribution < -0.4 is 10.5 Å². The zero-order chi connectivity index (χ0) is 13.8. The molecule has 2 aromatic heterocycles. The molecule has 5 heteroatoms. The highest BCUT2D eigenvalue weighted by Gasteiger charge is 2.10. The fourth-order valence-corrected chi connectivity index (χ4v) is 1.79. The lowest BCUT2D eigenvalue weighted by molar-refractivity contribution is 0.450. The molecule has 2 N–H and O–H groups in total.